The molecule has 0 aliphatic heterocycles. The number of amides is 1. The molecule has 0 saturated heterocycles. The number of carbonyl (C=O) groups excluding carboxylic acids is 1. The minimum Gasteiger partial charge on any atom is -0.506 e. The maximum absolute atomic E-state index is 12.7. The van der Waals surface area contributed by atoms with E-state index in [1.165, 1.54) is 4.57 Å². The summed E-state index contributed by atoms with van der Waals surface area (Å²) in [5.74, 6) is -0.945. The van der Waals surface area contributed by atoms with E-state index < -0.39 is 11.5 Å². The Morgan fingerprint density at radius 3 is 2.80 bits per heavy atom. The average molecular weight is 335 g/mol. The largest absolute Gasteiger partial charge is 0.506 e. The third-order valence-electron chi connectivity index (χ3n) is 3.86. The predicted molar refractivity (Wildman–Crippen MR) is 95.5 cm³/mol. The number of hydrogen-bond acceptors (Lipinski definition) is 4. The lowest BCUT2D eigenvalue weighted by Crippen LogP contribution is -2.33. The number of nitrogens with zero attached hydrogens (tertiary/aromatic N) is 2. The molecule has 0 aliphatic rings. The molecule has 0 unspecified atom stereocenters. The number of carbonyl (C=O) groups is 1. The third-order valence-corrected chi connectivity index (χ3v) is 3.86. The monoisotopic (exact) mass is 335 g/mol. The topological polar surface area (TPSA) is 84.2 Å². The molecule has 2 aromatic heterocycles. The predicted octanol–water partition coefficient (Wildman–Crippen LogP) is 2.22. The van der Waals surface area contributed by atoms with Crippen LogP contribution in [0.1, 0.15) is 15.9 Å². The summed E-state index contributed by atoms with van der Waals surface area (Å²) in [6.45, 7) is 4.09. The molecule has 0 aliphatic carbocycles. The highest BCUT2D eigenvalue weighted by Crippen LogP contribution is 2.26. The summed E-state index contributed by atoms with van der Waals surface area (Å²) in [4.78, 5) is 29.2. The molecule has 2 N–H and O–H groups in total. The minimum atomic E-state index is -0.630. The van der Waals surface area contributed by atoms with Gasteiger partial charge < -0.3 is 15.0 Å². The van der Waals surface area contributed by atoms with Crippen molar-refractivity contribution in [2.24, 2.45) is 0 Å². The van der Waals surface area contributed by atoms with Gasteiger partial charge in [0.1, 0.15) is 11.3 Å². The summed E-state index contributed by atoms with van der Waals surface area (Å²) in [7, 11) is 0. The van der Waals surface area contributed by atoms with Gasteiger partial charge in [0.2, 0.25) is 0 Å². The maximum atomic E-state index is 12.7. The molecule has 1 amide bonds. The van der Waals surface area contributed by atoms with Crippen LogP contribution >= 0.6 is 0 Å². The normalized spacial score (nSPS) is 10.6. The number of rotatable bonds is 5. The van der Waals surface area contributed by atoms with Crippen molar-refractivity contribution < 1.29 is 9.90 Å². The van der Waals surface area contributed by atoms with E-state index in [1.54, 1.807) is 48.8 Å². The Labute approximate surface area is 144 Å². The molecule has 0 radical (unpaired) electrons. The summed E-state index contributed by atoms with van der Waals surface area (Å²) in [5, 5.41) is 13.6. The fourth-order valence-electron chi connectivity index (χ4n) is 2.68. The van der Waals surface area contributed by atoms with Gasteiger partial charge in [-0.2, -0.15) is 0 Å². The number of para-hydroxylation sites is 1. The lowest BCUT2D eigenvalue weighted by molar-refractivity contribution is 0.0946. The first-order valence-electron chi connectivity index (χ1n) is 7.76. The van der Waals surface area contributed by atoms with Crippen LogP contribution in [0.3, 0.4) is 0 Å². The van der Waals surface area contributed by atoms with Crippen molar-refractivity contribution >= 4 is 16.8 Å². The molecule has 2 heterocycles. The second-order valence-electron chi connectivity index (χ2n) is 5.49. The van der Waals surface area contributed by atoms with Gasteiger partial charge in [0.25, 0.3) is 11.5 Å². The van der Waals surface area contributed by atoms with Crippen LogP contribution in [0.15, 0.2) is 66.2 Å². The van der Waals surface area contributed by atoms with E-state index in [1.807, 2.05) is 6.07 Å². The molecule has 126 valence electrons. The number of pyridine rings is 2. The van der Waals surface area contributed by atoms with Crippen molar-refractivity contribution in [2.75, 3.05) is 0 Å². The van der Waals surface area contributed by atoms with Crippen molar-refractivity contribution in [3.05, 3.63) is 82.9 Å². The standard InChI is InChI=1S/C19H17N3O3/c1-2-10-22-15-8-4-3-7-14(15)17(23)16(19(22)25)18(24)21-12-13-6-5-9-20-11-13/h2-9,11,23H,1,10,12H2,(H,21,24). The summed E-state index contributed by atoms with van der Waals surface area (Å²) < 4.78 is 1.42. The molecule has 0 fully saturated rings. The van der Waals surface area contributed by atoms with Crippen LogP contribution in [0.4, 0.5) is 0 Å². The molecule has 25 heavy (non-hydrogen) atoms. The van der Waals surface area contributed by atoms with Crippen LogP contribution < -0.4 is 10.9 Å². The molecule has 0 saturated carbocycles. The Kier molecular flexibility index (Phi) is 4.61. The lowest BCUT2D eigenvalue weighted by Gasteiger charge is -2.13. The van der Waals surface area contributed by atoms with Gasteiger partial charge in [0.05, 0.1) is 5.52 Å². The number of benzene rings is 1. The zero-order valence-corrected chi connectivity index (χ0v) is 13.5. The highest BCUT2D eigenvalue weighted by molar-refractivity contribution is 6.02. The Morgan fingerprint density at radius 1 is 1.28 bits per heavy atom. The number of aromatic nitrogens is 2. The number of hydrogen-bond donors (Lipinski definition) is 2. The molecule has 0 spiro atoms. The van der Waals surface area contributed by atoms with Crippen LogP contribution in [0.2, 0.25) is 0 Å². The number of aromatic hydroxyl groups is 1. The molecular weight excluding hydrogens is 318 g/mol. The van der Waals surface area contributed by atoms with Crippen molar-refractivity contribution in [1.29, 1.82) is 0 Å². The SMILES string of the molecule is C=CCn1c(=O)c(C(=O)NCc2cccnc2)c(O)c2ccccc21. The smallest absolute Gasteiger partial charge is 0.268 e. The van der Waals surface area contributed by atoms with Gasteiger partial charge in [-0.3, -0.25) is 14.6 Å². The highest BCUT2D eigenvalue weighted by atomic mass is 16.3. The quantitative estimate of drug-likeness (QED) is 0.700. The van der Waals surface area contributed by atoms with E-state index in [0.717, 1.165) is 5.56 Å². The average Bonchev–Trinajstić information content (AvgIpc) is 2.64. The van der Waals surface area contributed by atoms with Gasteiger partial charge in [-0.1, -0.05) is 24.3 Å². The molecule has 1 aromatic carbocycles. The summed E-state index contributed by atoms with van der Waals surface area (Å²) in [5.41, 5.74) is 0.514. The van der Waals surface area contributed by atoms with Gasteiger partial charge >= 0.3 is 0 Å². The molecule has 0 bridgehead atoms. The van der Waals surface area contributed by atoms with Crippen molar-refractivity contribution in [1.82, 2.24) is 14.9 Å². The molecule has 3 rings (SSSR count). The van der Waals surface area contributed by atoms with E-state index in [-0.39, 0.29) is 24.4 Å². The Morgan fingerprint density at radius 2 is 2.08 bits per heavy atom. The van der Waals surface area contributed by atoms with E-state index >= 15 is 0 Å². The second-order valence-corrected chi connectivity index (χ2v) is 5.49. The zero-order valence-electron chi connectivity index (χ0n) is 13.5. The summed E-state index contributed by atoms with van der Waals surface area (Å²) in [6.07, 6.45) is 4.83. The van der Waals surface area contributed by atoms with Crippen LogP contribution in [0, 0.1) is 0 Å². The van der Waals surface area contributed by atoms with Crippen LogP contribution in [-0.4, -0.2) is 20.6 Å². The molecule has 6 heteroatoms. The molecule has 6 nitrogen and oxygen atoms in total. The van der Waals surface area contributed by atoms with Gasteiger partial charge in [-0.25, -0.2) is 0 Å². The number of allylic oxidation sites excluding steroid dienone is 1. The zero-order chi connectivity index (χ0) is 17.8. The Hall–Kier alpha value is -3.41. The first-order valence-corrected chi connectivity index (χ1v) is 7.76. The lowest BCUT2D eigenvalue weighted by atomic mass is 10.1. The Bertz CT molecular complexity index is 994. The number of nitrogens with one attached hydrogen (secondary N) is 1. The van der Waals surface area contributed by atoms with Crippen molar-refractivity contribution in [2.45, 2.75) is 13.1 Å². The summed E-state index contributed by atoms with van der Waals surface area (Å²) >= 11 is 0. The molecular formula is C19H17N3O3. The van der Waals surface area contributed by atoms with Gasteiger partial charge in [-0.15, -0.1) is 6.58 Å². The van der Waals surface area contributed by atoms with Crippen molar-refractivity contribution in [3.63, 3.8) is 0 Å². The van der Waals surface area contributed by atoms with Crippen LogP contribution in [-0.2, 0) is 13.1 Å². The maximum Gasteiger partial charge on any atom is 0.268 e. The van der Waals surface area contributed by atoms with E-state index in [0.29, 0.717) is 10.9 Å². The van der Waals surface area contributed by atoms with Crippen molar-refractivity contribution in [3.8, 4) is 5.75 Å². The van der Waals surface area contributed by atoms with E-state index in [2.05, 4.69) is 16.9 Å². The fourth-order valence-corrected chi connectivity index (χ4v) is 2.68. The second kappa shape index (κ2) is 7.00. The van der Waals surface area contributed by atoms with Crippen LogP contribution in [0.5, 0.6) is 5.75 Å². The first kappa shape index (κ1) is 16.4. The Balaban J connectivity index is 2.04. The number of fused-ring (bicyclic) bond motifs is 1. The fraction of sp³-hybridized carbons (Fsp3) is 0.105. The summed E-state index contributed by atoms with van der Waals surface area (Å²) in [6, 6.07) is 10.5. The molecule has 3 aromatic rings. The van der Waals surface area contributed by atoms with Crippen LogP contribution in [0.25, 0.3) is 10.9 Å². The molecule has 0 atom stereocenters. The van der Waals surface area contributed by atoms with Gasteiger partial charge in [-0.05, 0) is 23.8 Å². The van der Waals surface area contributed by atoms with Gasteiger partial charge in [0.15, 0.2) is 0 Å². The highest BCUT2D eigenvalue weighted by Gasteiger charge is 2.21. The third kappa shape index (κ3) is 3.14. The first-order chi connectivity index (χ1) is 12.1. The van der Waals surface area contributed by atoms with E-state index in [9.17, 15) is 14.7 Å². The van der Waals surface area contributed by atoms with Gasteiger partial charge in [0, 0.05) is 30.9 Å². The minimum absolute atomic E-state index is 0.208. The van der Waals surface area contributed by atoms with E-state index in [4.69, 9.17) is 0 Å².